The van der Waals surface area contributed by atoms with E-state index in [1.54, 1.807) is 0 Å². The minimum absolute atomic E-state index is 0.197. The molecule has 0 bridgehead atoms. The van der Waals surface area contributed by atoms with E-state index < -0.39 is 0 Å². The van der Waals surface area contributed by atoms with Crippen molar-refractivity contribution in [2.75, 3.05) is 51.4 Å². The standard InChI is InChI=1S/C24H33N3O4/c1-2-3-4-5-13-27-23(28)19-8-6-7-18-21(10-9-20(22(18)19)24(27)29)26-12-15-31-17-16-30-14-11-25/h6-10,26H,2-5,11-17,25H2,1H3. The first kappa shape index (κ1) is 23.2. The van der Waals surface area contributed by atoms with Gasteiger partial charge in [0.2, 0.25) is 0 Å². The number of nitrogens with zero attached hydrogens (tertiary/aromatic N) is 1. The van der Waals surface area contributed by atoms with Crippen LogP contribution in [0.25, 0.3) is 10.8 Å². The van der Waals surface area contributed by atoms with Gasteiger partial charge in [0.05, 0.1) is 26.4 Å². The number of hydrogen-bond donors (Lipinski definition) is 2. The summed E-state index contributed by atoms with van der Waals surface area (Å²) in [5, 5.41) is 4.98. The number of carbonyl (C=O) groups excluding carboxylic acids is 2. The maximum absolute atomic E-state index is 13.0. The normalized spacial score (nSPS) is 13.3. The first-order chi connectivity index (χ1) is 15.2. The molecule has 1 aliphatic heterocycles. The second-order valence-corrected chi connectivity index (χ2v) is 7.65. The first-order valence-corrected chi connectivity index (χ1v) is 11.2. The van der Waals surface area contributed by atoms with Crippen LogP contribution in [-0.4, -0.2) is 62.8 Å². The number of hydrogen-bond acceptors (Lipinski definition) is 6. The maximum Gasteiger partial charge on any atom is 0.261 e. The Bertz CT molecular complexity index is 878. The molecular formula is C24H33N3O4. The van der Waals surface area contributed by atoms with Gasteiger partial charge in [-0.25, -0.2) is 0 Å². The fourth-order valence-corrected chi connectivity index (χ4v) is 3.86. The Balaban J connectivity index is 1.67. The van der Waals surface area contributed by atoms with Gasteiger partial charge < -0.3 is 20.5 Å². The number of ether oxygens (including phenoxy) is 2. The SMILES string of the molecule is CCCCCCN1C(=O)c2cccc3c(NCCOCCOCCN)ccc(c23)C1=O. The average molecular weight is 428 g/mol. The summed E-state index contributed by atoms with van der Waals surface area (Å²) < 4.78 is 10.8. The van der Waals surface area contributed by atoms with E-state index in [-0.39, 0.29) is 11.8 Å². The molecule has 0 spiro atoms. The predicted octanol–water partition coefficient (Wildman–Crippen LogP) is 3.42. The summed E-state index contributed by atoms with van der Waals surface area (Å²) in [6, 6.07) is 9.37. The summed E-state index contributed by atoms with van der Waals surface area (Å²) in [7, 11) is 0. The molecule has 0 unspecified atom stereocenters. The van der Waals surface area contributed by atoms with E-state index in [0.29, 0.717) is 57.2 Å². The minimum Gasteiger partial charge on any atom is -0.382 e. The lowest BCUT2D eigenvalue weighted by atomic mass is 9.93. The highest BCUT2D eigenvalue weighted by Crippen LogP contribution is 2.34. The Morgan fingerprint density at radius 1 is 0.903 bits per heavy atom. The number of benzene rings is 2. The zero-order valence-electron chi connectivity index (χ0n) is 18.3. The molecular weight excluding hydrogens is 394 g/mol. The predicted molar refractivity (Wildman–Crippen MR) is 123 cm³/mol. The Hall–Kier alpha value is -2.48. The quantitative estimate of drug-likeness (QED) is 0.354. The van der Waals surface area contributed by atoms with Crippen LogP contribution in [0.1, 0.15) is 53.3 Å². The van der Waals surface area contributed by atoms with Gasteiger partial charge in [-0.1, -0.05) is 38.3 Å². The number of nitrogens with two attached hydrogens (primary N) is 1. The molecule has 1 heterocycles. The van der Waals surface area contributed by atoms with Crippen molar-refractivity contribution in [3.8, 4) is 0 Å². The Labute approximate surface area is 183 Å². The van der Waals surface area contributed by atoms with Crippen molar-refractivity contribution in [3.63, 3.8) is 0 Å². The third-order valence-corrected chi connectivity index (χ3v) is 5.42. The zero-order chi connectivity index (χ0) is 22.1. The fraction of sp³-hybridized carbons (Fsp3) is 0.500. The van der Waals surface area contributed by atoms with E-state index in [0.717, 1.165) is 42.1 Å². The van der Waals surface area contributed by atoms with Crippen LogP contribution in [0.5, 0.6) is 0 Å². The molecule has 2 aromatic carbocycles. The zero-order valence-corrected chi connectivity index (χ0v) is 18.3. The van der Waals surface area contributed by atoms with Gasteiger partial charge in [0.25, 0.3) is 11.8 Å². The number of nitrogens with one attached hydrogen (secondary N) is 1. The number of anilines is 1. The lowest BCUT2D eigenvalue weighted by molar-refractivity contribution is 0.0548. The molecule has 7 heteroatoms. The Kier molecular flexibility index (Phi) is 8.82. The summed E-state index contributed by atoms with van der Waals surface area (Å²) >= 11 is 0. The van der Waals surface area contributed by atoms with Crippen LogP contribution in [-0.2, 0) is 9.47 Å². The smallest absolute Gasteiger partial charge is 0.261 e. The molecule has 0 saturated carbocycles. The molecule has 168 valence electrons. The molecule has 31 heavy (non-hydrogen) atoms. The van der Waals surface area contributed by atoms with Crippen molar-refractivity contribution in [1.82, 2.24) is 4.90 Å². The molecule has 0 aromatic heterocycles. The van der Waals surface area contributed by atoms with Crippen molar-refractivity contribution in [2.45, 2.75) is 32.6 Å². The van der Waals surface area contributed by atoms with Gasteiger partial charge in [0.1, 0.15) is 0 Å². The highest BCUT2D eigenvalue weighted by Gasteiger charge is 2.32. The molecule has 7 nitrogen and oxygen atoms in total. The second kappa shape index (κ2) is 11.8. The highest BCUT2D eigenvalue weighted by atomic mass is 16.5. The molecule has 2 amide bonds. The van der Waals surface area contributed by atoms with Crippen LogP contribution in [0.2, 0.25) is 0 Å². The van der Waals surface area contributed by atoms with Crippen LogP contribution >= 0.6 is 0 Å². The number of imide groups is 1. The Morgan fingerprint density at radius 2 is 1.65 bits per heavy atom. The lowest BCUT2D eigenvalue weighted by Crippen LogP contribution is -2.40. The van der Waals surface area contributed by atoms with Gasteiger partial charge in [-0.15, -0.1) is 0 Å². The first-order valence-electron chi connectivity index (χ1n) is 11.2. The van der Waals surface area contributed by atoms with E-state index >= 15 is 0 Å². The van der Waals surface area contributed by atoms with Gasteiger partial charge in [-0.3, -0.25) is 14.5 Å². The highest BCUT2D eigenvalue weighted by molar-refractivity contribution is 6.26. The van der Waals surface area contributed by atoms with Crippen LogP contribution in [0.15, 0.2) is 30.3 Å². The third-order valence-electron chi connectivity index (χ3n) is 5.42. The van der Waals surface area contributed by atoms with Gasteiger partial charge in [0, 0.05) is 47.2 Å². The minimum atomic E-state index is -0.197. The van der Waals surface area contributed by atoms with Crippen LogP contribution in [0, 0.1) is 0 Å². The molecule has 1 aliphatic rings. The monoisotopic (exact) mass is 427 g/mol. The topological polar surface area (TPSA) is 93.9 Å². The van der Waals surface area contributed by atoms with Gasteiger partial charge >= 0.3 is 0 Å². The second-order valence-electron chi connectivity index (χ2n) is 7.65. The van der Waals surface area contributed by atoms with E-state index in [9.17, 15) is 9.59 Å². The van der Waals surface area contributed by atoms with E-state index in [2.05, 4.69) is 12.2 Å². The summed E-state index contributed by atoms with van der Waals surface area (Å²) in [6.07, 6.45) is 4.09. The van der Waals surface area contributed by atoms with E-state index in [1.807, 2.05) is 30.3 Å². The van der Waals surface area contributed by atoms with Gasteiger partial charge in [-0.05, 0) is 24.6 Å². The summed E-state index contributed by atoms with van der Waals surface area (Å²) in [4.78, 5) is 27.5. The molecule has 3 rings (SSSR count). The molecule has 0 atom stereocenters. The number of rotatable bonds is 14. The van der Waals surface area contributed by atoms with Crippen LogP contribution in [0.3, 0.4) is 0 Å². The Morgan fingerprint density at radius 3 is 2.39 bits per heavy atom. The molecule has 0 aliphatic carbocycles. The average Bonchev–Trinajstić information content (AvgIpc) is 2.79. The number of carbonyl (C=O) groups is 2. The lowest BCUT2D eigenvalue weighted by Gasteiger charge is -2.28. The van der Waals surface area contributed by atoms with Crippen molar-refractivity contribution in [1.29, 1.82) is 0 Å². The van der Waals surface area contributed by atoms with Crippen LogP contribution in [0.4, 0.5) is 5.69 Å². The van der Waals surface area contributed by atoms with Gasteiger partial charge in [0.15, 0.2) is 0 Å². The van der Waals surface area contributed by atoms with Crippen molar-refractivity contribution >= 4 is 28.3 Å². The third kappa shape index (κ3) is 5.61. The van der Waals surface area contributed by atoms with Crippen molar-refractivity contribution in [3.05, 3.63) is 41.5 Å². The molecule has 0 saturated heterocycles. The molecule has 0 fully saturated rings. The number of amides is 2. The van der Waals surface area contributed by atoms with Crippen LogP contribution < -0.4 is 11.1 Å². The largest absolute Gasteiger partial charge is 0.382 e. The summed E-state index contributed by atoms with van der Waals surface area (Å²) in [6.45, 7) is 5.84. The molecule has 0 radical (unpaired) electrons. The van der Waals surface area contributed by atoms with E-state index in [1.165, 1.54) is 4.90 Å². The van der Waals surface area contributed by atoms with Crippen molar-refractivity contribution < 1.29 is 19.1 Å². The molecule has 2 aromatic rings. The van der Waals surface area contributed by atoms with Gasteiger partial charge in [-0.2, -0.15) is 0 Å². The summed E-state index contributed by atoms with van der Waals surface area (Å²) in [5.41, 5.74) is 7.46. The molecule has 3 N–H and O–H groups in total. The van der Waals surface area contributed by atoms with Crippen molar-refractivity contribution in [2.24, 2.45) is 5.73 Å². The maximum atomic E-state index is 13.0. The fourth-order valence-electron chi connectivity index (χ4n) is 3.86. The van der Waals surface area contributed by atoms with E-state index in [4.69, 9.17) is 15.2 Å². The number of unbranched alkanes of at least 4 members (excludes halogenated alkanes) is 3. The summed E-state index contributed by atoms with van der Waals surface area (Å²) in [5.74, 6) is -0.393.